The molecule has 4 N–H and O–H groups in total. The molecule has 4 nitrogen and oxygen atoms in total. The second kappa shape index (κ2) is 8.39. The summed E-state index contributed by atoms with van der Waals surface area (Å²) < 4.78 is 28.4. The molecule has 0 aromatic heterocycles. The van der Waals surface area contributed by atoms with Crippen LogP contribution in [0.15, 0.2) is 0 Å². The van der Waals surface area contributed by atoms with E-state index >= 15 is 0 Å². The van der Waals surface area contributed by atoms with E-state index in [-0.39, 0.29) is 12.8 Å². The highest BCUT2D eigenvalue weighted by atomic mass is 19.3. The topological polar surface area (TPSA) is 80.9 Å². The van der Waals surface area contributed by atoms with Gasteiger partial charge in [0.25, 0.3) is 5.92 Å². The van der Waals surface area contributed by atoms with Gasteiger partial charge in [0.2, 0.25) is 0 Å². The molecule has 0 aromatic carbocycles. The van der Waals surface area contributed by atoms with Gasteiger partial charge in [-0.15, -0.1) is 0 Å². The van der Waals surface area contributed by atoms with E-state index in [1.54, 1.807) is 13.8 Å². The van der Waals surface area contributed by atoms with E-state index in [0.717, 1.165) is 6.92 Å². The summed E-state index contributed by atoms with van der Waals surface area (Å²) in [4.78, 5) is 0. The molecule has 0 heterocycles. The summed E-state index contributed by atoms with van der Waals surface area (Å²) in [6.45, 7) is 8.69. The maximum absolute atomic E-state index is 14.2. The van der Waals surface area contributed by atoms with Crippen LogP contribution in [0, 0.1) is 5.92 Å². The predicted molar refractivity (Wildman–Crippen MR) is 91.0 cm³/mol. The van der Waals surface area contributed by atoms with Gasteiger partial charge >= 0.3 is 0 Å². The lowest BCUT2D eigenvalue weighted by atomic mass is 9.75. The molecule has 0 aliphatic carbocycles. The van der Waals surface area contributed by atoms with E-state index in [1.165, 1.54) is 20.8 Å². The molecule has 0 saturated heterocycles. The second-order valence-corrected chi connectivity index (χ2v) is 8.35. The average Bonchev–Trinajstić information content (AvgIpc) is 2.39. The van der Waals surface area contributed by atoms with E-state index in [1.807, 2.05) is 0 Å². The lowest BCUT2D eigenvalue weighted by molar-refractivity contribution is -0.203. The predicted octanol–water partition coefficient (Wildman–Crippen LogP) is 3.25. The molecular weight excluding hydrogens is 318 g/mol. The zero-order chi connectivity index (χ0) is 19.4. The molecule has 0 radical (unpaired) electrons. The Morgan fingerprint density at radius 1 is 0.875 bits per heavy atom. The Morgan fingerprint density at radius 2 is 1.38 bits per heavy atom. The number of halogens is 2. The van der Waals surface area contributed by atoms with E-state index in [4.69, 9.17) is 0 Å². The van der Waals surface area contributed by atoms with E-state index < -0.39 is 41.2 Å². The van der Waals surface area contributed by atoms with Gasteiger partial charge in [-0.05, 0) is 66.2 Å². The van der Waals surface area contributed by atoms with Crippen molar-refractivity contribution in [2.24, 2.45) is 5.92 Å². The summed E-state index contributed by atoms with van der Waals surface area (Å²) in [6, 6.07) is 0. The third-order valence-corrected chi connectivity index (χ3v) is 4.92. The van der Waals surface area contributed by atoms with Gasteiger partial charge in [-0.3, -0.25) is 0 Å². The fourth-order valence-corrected chi connectivity index (χ4v) is 2.86. The molecule has 0 aromatic rings. The fraction of sp³-hybridized carbons (Fsp3) is 1.00. The van der Waals surface area contributed by atoms with Crippen LogP contribution in [0.4, 0.5) is 8.78 Å². The van der Waals surface area contributed by atoms with E-state index in [0.29, 0.717) is 19.3 Å². The minimum Gasteiger partial charge on any atom is -0.390 e. The van der Waals surface area contributed by atoms with Crippen molar-refractivity contribution >= 4 is 0 Å². The van der Waals surface area contributed by atoms with Gasteiger partial charge in [-0.25, -0.2) is 8.78 Å². The summed E-state index contributed by atoms with van der Waals surface area (Å²) in [6.07, 6.45) is -0.0121. The molecule has 0 spiro atoms. The van der Waals surface area contributed by atoms with Crippen LogP contribution in [0.25, 0.3) is 0 Å². The first-order valence-electron chi connectivity index (χ1n) is 8.77. The van der Waals surface area contributed by atoms with Gasteiger partial charge in [0.15, 0.2) is 0 Å². The summed E-state index contributed by atoms with van der Waals surface area (Å²) in [5, 5.41) is 40.0. The molecule has 0 saturated carbocycles. The highest BCUT2D eigenvalue weighted by Gasteiger charge is 2.52. The second-order valence-electron chi connectivity index (χ2n) is 8.35. The number of hydrogen-bond acceptors (Lipinski definition) is 4. The van der Waals surface area contributed by atoms with Crippen LogP contribution in [-0.4, -0.2) is 49.3 Å². The van der Waals surface area contributed by atoms with Crippen molar-refractivity contribution < 1.29 is 29.2 Å². The summed E-state index contributed by atoms with van der Waals surface area (Å²) >= 11 is 0. The van der Waals surface area contributed by atoms with Crippen LogP contribution in [0.3, 0.4) is 0 Å². The normalized spacial score (nSPS) is 19.0. The Kier molecular flexibility index (Phi) is 8.28. The van der Waals surface area contributed by atoms with Crippen molar-refractivity contribution in [1.29, 1.82) is 0 Å². The minimum atomic E-state index is -3.24. The third-order valence-electron chi connectivity index (χ3n) is 4.92. The van der Waals surface area contributed by atoms with Gasteiger partial charge in [-0.1, -0.05) is 13.3 Å². The van der Waals surface area contributed by atoms with Crippen LogP contribution in [0.1, 0.15) is 80.1 Å². The zero-order valence-electron chi connectivity index (χ0n) is 15.9. The number of aliphatic hydroxyl groups is 4. The van der Waals surface area contributed by atoms with Crippen LogP contribution >= 0.6 is 0 Å². The van der Waals surface area contributed by atoms with Gasteiger partial charge in [0.05, 0.1) is 17.3 Å². The average molecular weight is 354 g/mol. The van der Waals surface area contributed by atoms with Crippen LogP contribution in [-0.2, 0) is 0 Å². The van der Waals surface area contributed by atoms with Crippen molar-refractivity contribution in [3.05, 3.63) is 0 Å². The third kappa shape index (κ3) is 7.30. The zero-order valence-corrected chi connectivity index (χ0v) is 15.9. The lowest BCUT2D eigenvalue weighted by Crippen LogP contribution is -2.51. The molecule has 3 unspecified atom stereocenters. The first-order valence-corrected chi connectivity index (χ1v) is 8.77. The summed E-state index contributed by atoms with van der Waals surface area (Å²) in [7, 11) is 0. The van der Waals surface area contributed by atoms with E-state index in [9.17, 15) is 29.2 Å². The smallest absolute Gasteiger partial charge is 0.275 e. The number of aliphatic hydroxyl groups excluding tert-OH is 1. The molecule has 0 aliphatic rings. The highest BCUT2D eigenvalue weighted by Crippen LogP contribution is 2.42. The van der Waals surface area contributed by atoms with Crippen LogP contribution < -0.4 is 0 Å². The Morgan fingerprint density at radius 3 is 1.75 bits per heavy atom. The Labute approximate surface area is 144 Å². The quantitative estimate of drug-likeness (QED) is 0.459. The Hall–Kier alpha value is -0.300. The van der Waals surface area contributed by atoms with Gasteiger partial charge in [-0.2, -0.15) is 0 Å². The first-order chi connectivity index (χ1) is 10.5. The first kappa shape index (κ1) is 23.7. The minimum absolute atomic E-state index is 0.118. The van der Waals surface area contributed by atoms with Crippen LogP contribution in [0.5, 0.6) is 0 Å². The highest BCUT2D eigenvalue weighted by molar-refractivity contribution is 4.95. The van der Waals surface area contributed by atoms with Gasteiger partial charge in [0.1, 0.15) is 5.60 Å². The largest absolute Gasteiger partial charge is 0.390 e. The molecule has 146 valence electrons. The van der Waals surface area contributed by atoms with E-state index in [2.05, 4.69) is 0 Å². The lowest BCUT2D eigenvalue weighted by Gasteiger charge is -2.40. The van der Waals surface area contributed by atoms with Crippen molar-refractivity contribution in [3.8, 4) is 0 Å². The maximum atomic E-state index is 14.2. The molecule has 0 amide bonds. The fourth-order valence-electron chi connectivity index (χ4n) is 2.86. The monoisotopic (exact) mass is 354 g/mol. The van der Waals surface area contributed by atoms with Crippen molar-refractivity contribution in [1.82, 2.24) is 0 Å². The Balaban J connectivity index is 5.09. The van der Waals surface area contributed by atoms with Crippen LogP contribution in [0.2, 0.25) is 0 Å². The van der Waals surface area contributed by atoms with Gasteiger partial charge in [0, 0.05) is 6.42 Å². The summed E-state index contributed by atoms with van der Waals surface area (Å²) in [5.41, 5.74) is -4.42. The molecular formula is C18H36F2O4. The molecule has 24 heavy (non-hydrogen) atoms. The van der Waals surface area contributed by atoms with Crippen molar-refractivity contribution in [2.75, 3.05) is 0 Å². The summed E-state index contributed by atoms with van der Waals surface area (Å²) in [5.74, 6) is -3.99. The Bertz CT molecular complexity index is 370. The molecule has 0 rings (SSSR count). The molecule has 0 aliphatic heterocycles. The van der Waals surface area contributed by atoms with Crippen molar-refractivity contribution in [2.45, 2.75) is 109 Å². The standard InChI is InChI=1S/C18H36F2O4/c1-7-18(19,20)17(6,24)13(9-8-12-15(2,3)22)10-11-14(21)16(4,5)23/h13-14,21-24H,7-12H2,1-6H3. The molecule has 0 fully saturated rings. The molecule has 6 heteroatoms. The number of rotatable bonds is 11. The number of alkyl halides is 2. The van der Waals surface area contributed by atoms with Crippen molar-refractivity contribution in [3.63, 3.8) is 0 Å². The maximum Gasteiger partial charge on any atom is 0.275 e. The van der Waals surface area contributed by atoms with Gasteiger partial charge < -0.3 is 20.4 Å². The SMILES string of the molecule is CCC(F)(F)C(C)(O)C(CCCC(C)(C)O)CCC(O)C(C)(C)O. The number of hydrogen-bond donors (Lipinski definition) is 4. The molecule has 3 atom stereocenters. The molecule has 0 bridgehead atoms.